The molecule has 3 aromatic heterocycles. The summed E-state index contributed by atoms with van der Waals surface area (Å²) in [7, 11) is 1.63. The number of aromatic nitrogens is 6. The molecule has 0 bridgehead atoms. The van der Waals surface area contributed by atoms with E-state index in [1.807, 2.05) is 26.0 Å². The fraction of sp³-hybridized carbons (Fsp3) is 0.526. The van der Waals surface area contributed by atoms with Crippen molar-refractivity contribution in [2.75, 3.05) is 12.4 Å². The Hall–Kier alpha value is -3.21. The lowest BCUT2D eigenvalue weighted by molar-refractivity contribution is 0.0981. The molecule has 0 saturated heterocycles. The summed E-state index contributed by atoms with van der Waals surface area (Å²) < 4.78 is 12.3. The van der Waals surface area contributed by atoms with Crippen LogP contribution in [0, 0.1) is 0 Å². The molecule has 11 heteroatoms. The molecule has 1 saturated carbocycles. The number of nitrogens with zero attached hydrogens (tertiary/aromatic N) is 5. The van der Waals surface area contributed by atoms with Crippen LogP contribution in [0.25, 0.3) is 5.52 Å². The van der Waals surface area contributed by atoms with Crippen molar-refractivity contribution in [3.05, 3.63) is 29.8 Å². The van der Waals surface area contributed by atoms with Gasteiger partial charge in [0.2, 0.25) is 0 Å². The van der Waals surface area contributed by atoms with E-state index in [1.54, 1.807) is 18.0 Å². The summed E-state index contributed by atoms with van der Waals surface area (Å²) >= 11 is 0. The van der Waals surface area contributed by atoms with Crippen LogP contribution < -0.4 is 10.6 Å². The Labute approximate surface area is 173 Å². The molecule has 3 N–H and O–H groups in total. The highest BCUT2D eigenvalue weighted by Gasteiger charge is 2.30. The van der Waals surface area contributed by atoms with Crippen molar-refractivity contribution >= 4 is 23.2 Å². The number of ether oxygens (including phenoxy) is 2. The molecule has 4 rings (SSSR count). The molecule has 11 nitrogen and oxygen atoms in total. The first-order valence-corrected chi connectivity index (χ1v) is 10.00. The second kappa shape index (κ2) is 8.66. The van der Waals surface area contributed by atoms with Gasteiger partial charge >= 0.3 is 6.09 Å². The lowest BCUT2D eigenvalue weighted by Gasteiger charge is -2.14. The molecule has 1 aliphatic carbocycles. The van der Waals surface area contributed by atoms with E-state index in [4.69, 9.17) is 9.47 Å². The number of amides is 1. The first-order valence-electron chi connectivity index (χ1n) is 10.00. The number of alkyl carbamates (subject to hydrolysis) is 1. The highest BCUT2D eigenvalue weighted by molar-refractivity contribution is 5.71. The van der Waals surface area contributed by atoms with Gasteiger partial charge in [-0.15, -0.1) is 10.2 Å². The Morgan fingerprint density at radius 3 is 3.03 bits per heavy atom. The summed E-state index contributed by atoms with van der Waals surface area (Å²) in [6, 6.07) is 3.92. The minimum atomic E-state index is -0.358. The second-order valence-electron chi connectivity index (χ2n) is 7.75. The SMILES string of the molecule is COCc1cc2c(Nc3cc([C@H]4CC[C@@H](OC(=O)NC(C)C)C4)[nH]n3)nncn2n1. The van der Waals surface area contributed by atoms with Crippen LogP contribution in [0.5, 0.6) is 0 Å². The average Bonchev–Trinajstić information content (AvgIpc) is 3.41. The van der Waals surface area contributed by atoms with Crippen molar-refractivity contribution in [3.63, 3.8) is 0 Å². The molecule has 0 aromatic carbocycles. The number of H-pyrrole nitrogens is 1. The predicted molar refractivity (Wildman–Crippen MR) is 108 cm³/mol. The summed E-state index contributed by atoms with van der Waals surface area (Å²) in [4.78, 5) is 11.8. The first-order chi connectivity index (χ1) is 14.5. The average molecular weight is 414 g/mol. The van der Waals surface area contributed by atoms with Gasteiger partial charge in [-0.1, -0.05) is 0 Å². The van der Waals surface area contributed by atoms with Crippen LogP contribution >= 0.6 is 0 Å². The first kappa shape index (κ1) is 20.1. The van der Waals surface area contributed by atoms with E-state index < -0.39 is 0 Å². The molecule has 0 unspecified atom stereocenters. The van der Waals surface area contributed by atoms with Gasteiger partial charge in [0.05, 0.1) is 12.3 Å². The third-order valence-electron chi connectivity index (χ3n) is 4.99. The summed E-state index contributed by atoms with van der Waals surface area (Å²) in [6.45, 7) is 4.23. The highest BCUT2D eigenvalue weighted by atomic mass is 16.6. The van der Waals surface area contributed by atoms with Crippen molar-refractivity contribution in [3.8, 4) is 0 Å². The second-order valence-corrected chi connectivity index (χ2v) is 7.75. The van der Waals surface area contributed by atoms with E-state index >= 15 is 0 Å². The Morgan fingerprint density at radius 1 is 1.37 bits per heavy atom. The van der Waals surface area contributed by atoms with Gasteiger partial charge in [0.1, 0.15) is 17.9 Å². The van der Waals surface area contributed by atoms with Crippen LogP contribution in [-0.2, 0) is 16.1 Å². The van der Waals surface area contributed by atoms with Crippen molar-refractivity contribution < 1.29 is 14.3 Å². The van der Waals surface area contributed by atoms with E-state index in [0.717, 1.165) is 36.2 Å². The molecule has 160 valence electrons. The van der Waals surface area contributed by atoms with Gasteiger partial charge in [-0.2, -0.15) is 10.2 Å². The third kappa shape index (κ3) is 4.51. The van der Waals surface area contributed by atoms with Gasteiger partial charge < -0.3 is 20.1 Å². The summed E-state index contributed by atoms with van der Waals surface area (Å²) in [6.07, 6.45) is 3.64. The number of hydrogen-bond donors (Lipinski definition) is 3. The number of carbonyl (C=O) groups excluding carboxylic acids is 1. The van der Waals surface area contributed by atoms with Gasteiger partial charge in [0.25, 0.3) is 0 Å². The molecule has 0 radical (unpaired) electrons. The Bertz CT molecular complexity index is 1010. The smallest absolute Gasteiger partial charge is 0.407 e. The Morgan fingerprint density at radius 2 is 2.23 bits per heavy atom. The van der Waals surface area contributed by atoms with Crippen LogP contribution in [0.15, 0.2) is 18.5 Å². The van der Waals surface area contributed by atoms with E-state index in [2.05, 4.69) is 36.1 Å². The molecular formula is C19H26N8O3. The molecule has 1 aliphatic rings. The van der Waals surface area contributed by atoms with Gasteiger partial charge in [-0.25, -0.2) is 9.31 Å². The molecule has 3 heterocycles. The number of aromatic amines is 1. The van der Waals surface area contributed by atoms with Gasteiger partial charge in [-0.3, -0.25) is 5.10 Å². The lowest BCUT2D eigenvalue weighted by atomic mass is 10.0. The van der Waals surface area contributed by atoms with Crippen LogP contribution in [-0.4, -0.2) is 55.4 Å². The summed E-state index contributed by atoms with van der Waals surface area (Å²) in [5.41, 5.74) is 2.57. The van der Waals surface area contributed by atoms with Crippen LogP contribution in [0.4, 0.5) is 16.4 Å². The quantitative estimate of drug-likeness (QED) is 0.537. The minimum Gasteiger partial charge on any atom is -0.446 e. The number of carbonyl (C=O) groups is 1. The van der Waals surface area contributed by atoms with Gasteiger partial charge in [-0.05, 0) is 39.2 Å². The molecule has 0 aliphatic heterocycles. The number of fused-ring (bicyclic) bond motifs is 1. The third-order valence-corrected chi connectivity index (χ3v) is 4.99. The van der Waals surface area contributed by atoms with Gasteiger partial charge in [0, 0.05) is 30.8 Å². The normalized spacial score (nSPS) is 18.8. The summed E-state index contributed by atoms with van der Waals surface area (Å²) in [5, 5.41) is 25.9. The molecule has 2 atom stereocenters. The zero-order valence-corrected chi connectivity index (χ0v) is 17.3. The molecule has 30 heavy (non-hydrogen) atoms. The van der Waals surface area contributed by atoms with E-state index in [9.17, 15) is 4.79 Å². The van der Waals surface area contributed by atoms with Crippen molar-refractivity contribution in [1.29, 1.82) is 0 Å². The fourth-order valence-electron chi connectivity index (χ4n) is 3.68. The Kier molecular flexibility index (Phi) is 5.79. The Balaban J connectivity index is 1.40. The maximum Gasteiger partial charge on any atom is 0.407 e. The maximum absolute atomic E-state index is 11.8. The minimum absolute atomic E-state index is 0.0601. The summed E-state index contributed by atoms with van der Waals surface area (Å²) in [5.74, 6) is 1.46. The largest absolute Gasteiger partial charge is 0.446 e. The van der Waals surface area contributed by atoms with Crippen molar-refractivity contribution in [2.24, 2.45) is 0 Å². The standard InChI is InChI=1S/C19H26N8O3/c1-11(2)21-19(28)30-14-5-4-12(6-14)15-8-17(24-23-15)22-18-16-7-13(9-29-3)26-27(16)10-20-25-18/h7-8,10-12,14H,4-6,9H2,1-3H3,(H,21,28)(H2,22,23,24,25)/t12-,14+/m0/s1. The monoisotopic (exact) mass is 414 g/mol. The maximum atomic E-state index is 11.8. The van der Waals surface area contributed by atoms with Crippen LogP contribution in [0.3, 0.4) is 0 Å². The van der Waals surface area contributed by atoms with Gasteiger partial charge in [0.15, 0.2) is 11.6 Å². The molecule has 1 fully saturated rings. The zero-order chi connectivity index (χ0) is 21.1. The lowest BCUT2D eigenvalue weighted by Crippen LogP contribution is -2.33. The van der Waals surface area contributed by atoms with E-state index in [0.29, 0.717) is 18.2 Å². The number of methoxy groups -OCH3 is 1. The molecule has 0 spiro atoms. The molecule has 1 amide bonds. The molecule has 3 aromatic rings. The number of anilines is 2. The van der Waals surface area contributed by atoms with E-state index in [-0.39, 0.29) is 24.2 Å². The van der Waals surface area contributed by atoms with E-state index in [1.165, 1.54) is 0 Å². The van der Waals surface area contributed by atoms with Crippen molar-refractivity contribution in [1.82, 2.24) is 35.3 Å². The van der Waals surface area contributed by atoms with Crippen molar-refractivity contribution in [2.45, 2.75) is 57.8 Å². The number of hydrogen-bond acceptors (Lipinski definition) is 8. The molecular weight excluding hydrogens is 388 g/mol. The topological polar surface area (TPSA) is 131 Å². The number of rotatable bonds is 7. The predicted octanol–water partition coefficient (Wildman–Crippen LogP) is 2.51. The van der Waals surface area contributed by atoms with Crippen LogP contribution in [0.2, 0.25) is 0 Å². The fourth-order valence-corrected chi connectivity index (χ4v) is 3.68. The zero-order valence-electron chi connectivity index (χ0n) is 17.3. The highest BCUT2D eigenvalue weighted by Crippen LogP contribution is 2.36. The van der Waals surface area contributed by atoms with Crippen LogP contribution in [0.1, 0.15) is 50.4 Å². The number of nitrogens with one attached hydrogen (secondary N) is 3.